The zero-order valence-corrected chi connectivity index (χ0v) is 14.3. The summed E-state index contributed by atoms with van der Waals surface area (Å²) in [6.07, 6.45) is 8.74. The van der Waals surface area contributed by atoms with Gasteiger partial charge in [-0.3, -0.25) is 0 Å². The lowest BCUT2D eigenvalue weighted by atomic mass is 9.47. The summed E-state index contributed by atoms with van der Waals surface area (Å²) in [7, 11) is 1.81. The van der Waals surface area contributed by atoms with E-state index in [1.54, 1.807) is 6.92 Å². The van der Waals surface area contributed by atoms with Crippen LogP contribution in [0.4, 0.5) is 0 Å². The highest BCUT2D eigenvalue weighted by atomic mass is 16.5. The maximum atomic E-state index is 12.1. The van der Waals surface area contributed by atoms with E-state index in [0.717, 1.165) is 24.7 Å². The van der Waals surface area contributed by atoms with Gasteiger partial charge in [0.05, 0.1) is 6.10 Å². The van der Waals surface area contributed by atoms with Crippen molar-refractivity contribution in [1.82, 2.24) is 0 Å². The van der Waals surface area contributed by atoms with Gasteiger partial charge < -0.3 is 9.47 Å². The van der Waals surface area contributed by atoms with Gasteiger partial charge in [0.25, 0.3) is 0 Å². The number of carbonyl (C=O) groups is 1. The summed E-state index contributed by atoms with van der Waals surface area (Å²) in [5.74, 6) is 2.03. The van der Waals surface area contributed by atoms with Crippen LogP contribution >= 0.6 is 0 Å². The molecule has 3 heteroatoms. The van der Waals surface area contributed by atoms with Crippen LogP contribution in [0.3, 0.4) is 0 Å². The lowest BCUT2D eigenvalue weighted by Gasteiger charge is -2.61. The van der Waals surface area contributed by atoms with Gasteiger partial charge in [0.2, 0.25) is 0 Å². The molecule has 4 aliphatic carbocycles. The Morgan fingerprint density at radius 2 is 1.91 bits per heavy atom. The standard InChI is InChI=1S/C19H30O3/c1-5-16(21-4)11-19-9-13-6-14(10-19)8-15(7-13)17(19)22-18(20)12(2)3/h13-17H,2,5-11H2,1,3-4H3. The van der Waals surface area contributed by atoms with Crippen LogP contribution in [0.5, 0.6) is 0 Å². The zero-order valence-electron chi connectivity index (χ0n) is 14.3. The average molecular weight is 306 g/mol. The van der Waals surface area contributed by atoms with E-state index in [2.05, 4.69) is 13.5 Å². The summed E-state index contributed by atoms with van der Waals surface area (Å²) < 4.78 is 11.7. The average Bonchev–Trinajstić information content (AvgIpc) is 2.47. The van der Waals surface area contributed by atoms with Gasteiger partial charge >= 0.3 is 5.97 Å². The third-order valence-electron chi connectivity index (χ3n) is 6.37. The van der Waals surface area contributed by atoms with Crippen molar-refractivity contribution < 1.29 is 14.3 Å². The fourth-order valence-electron chi connectivity index (χ4n) is 5.73. The van der Waals surface area contributed by atoms with Gasteiger partial charge in [-0.25, -0.2) is 4.79 Å². The largest absolute Gasteiger partial charge is 0.458 e. The van der Waals surface area contributed by atoms with Crippen molar-refractivity contribution in [3.05, 3.63) is 12.2 Å². The summed E-state index contributed by atoms with van der Waals surface area (Å²) in [6.45, 7) is 7.68. The Bertz CT molecular complexity index is 438. The Hall–Kier alpha value is -0.830. The number of carbonyl (C=O) groups excluding carboxylic acids is 1. The Kier molecular flexibility index (Phi) is 4.37. The number of ether oxygens (including phenoxy) is 2. The van der Waals surface area contributed by atoms with Crippen molar-refractivity contribution >= 4 is 5.97 Å². The molecule has 4 aliphatic rings. The van der Waals surface area contributed by atoms with Gasteiger partial charge in [-0.1, -0.05) is 13.5 Å². The number of methoxy groups -OCH3 is 1. The normalized spacial score (nSPS) is 40.5. The molecule has 0 aromatic heterocycles. The third-order valence-corrected chi connectivity index (χ3v) is 6.37. The van der Waals surface area contributed by atoms with Crippen LogP contribution in [0.1, 0.15) is 58.8 Å². The first-order chi connectivity index (χ1) is 10.5. The molecule has 0 heterocycles. The number of rotatable bonds is 6. The second kappa shape index (κ2) is 5.99. The molecule has 4 saturated carbocycles. The van der Waals surface area contributed by atoms with E-state index >= 15 is 0 Å². The van der Waals surface area contributed by atoms with E-state index in [1.165, 1.54) is 32.1 Å². The first kappa shape index (κ1) is 16.0. The van der Waals surface area contributed by atoms with Gasteiger partial charge in [-0.05, 0) is 69.6 Å². The van der Waals surface area contributed by atoms with Crippen LogP contribution in [-0.4, -0.2) is 25.3 Å². The van der Waals surface area contributed by atoms with Crippen LogP contribution in [-0.2, 0) is 14.3 Å². The molecule has 0 aliphatic heterocycles. The van der Waals surface area contributed by atoms with Gasteiger partial charge in [-0.2, -0.15) is 0 Å². The molecule has 0 aromatic carbocycles. The van der Waals surface area contributed by atoms with Crippen LogP contribution in [0, 0.1) is 23.2 Å². The molecule has 0 saturated heterocycles. The van der Waals surface area contributed by atoms with Crippen LogP contribution in [0.25, 0.3) is 0 Å². The molecule has 3 nitrogen and oxygen atoms in total. The fourth-order valence-corrected chi connectivity index (χ4v) is 5.73. The van der Waals surface area contributed by atoms with Gasteiger partial charge in [0, 0.05) is 18.1 Å². The molecule has 4 rings (SSSR count). The SMILES string of the molecule is C=C(C)C(=O)OC1C2CC3CC(C2)CC1(CC(CC)OC)C3. The minimum absolute atomic E-state index is 0.0775. The van der Waals surface area contributed by atoms with Crippen molar-refractivity contribution in [3.63, 3.8) is 0 Å². The van der Waals surface area contributed by atoms with Gasteiger partial charge in [0.15, 0.2) is 0 Å². The Morgan fingerprint density at radius 3 is 2.41 bits per heavy atom. The highest BCUT2D eigenvalue weighted by Crippen LogP contribution is 2.62. The predicted molar refractivity (Wildman–Crippen MR) is 86.4 cm³/mol. The summed E-state index contributed by atoms with van der Waals surface area (Å²) in [6, 6.07) is 0. The van der Waals surface area contributed by atoms with Crippen molar-refractivity contribution in [1.29, 1.82) is 0 Å². The zero-order chi connectivity index (χ0) is 15.9. The second-order valence-electron chi connectivity index (χ2n) is 8.05. The molecule has 124 valence electrons. The minimum Gasteiger partial charge on any atom is -0.458 e. The molecule has 0 aromatic rings. The molecule has 22 heavy (non-hydrogen) atoms. The Labute approximate surface area is 134 Å². The fraction of sp³-hybridized carbons (Fsp3) is 0.842. The Balaban J connectivity index is 1.84. The molecule has 4 atom stereocenters. The van der Waals surface area contributed by atoms with Gasteiger partial charge in [-0.15, -0.1) is 0 Å². The van der Waals surface area contributed by atoms with Crippen molar-refractivity contribution in [2.75, 3.05) is 7.11 Å². The first-order valence-electron chi connectivity index (χ1n) is 8.86. The van der Waals surface area contributed by atoms with E-state index in [9.17, 15) is 4.79 Å². The Morgan fingerprint density at radius 1 is 1.27 bits per heavy atom. The smallest absolute Gasteiger partial charge is 0.333 e. The van der Waals surface area contributed by atoms with Crippen molar-refractivity contribution in [2.45, 2.75) is 71.0 Å². The van der Waals surface area contributed by atoms with Crippen LogP contribution in [0.2, 0.25) is 0 Å². The van der Waals surface area contributed by atoms with Crippen LogP contribution in [0.15, 0.2) is 12.2 Å². The highest BCUT2D eigenvalue weighted by molar-refractivity contribution is 5.87. The molecule has 4 bridgehead atoms. The van der Waals surface area contributed by atoms with Gasteiger partial charge in [0.1, 0.15) is 6.10 Å². The summed E-state index contributed by atoms with van der Waals surface area (Å²) in [5, 5.41) is 0. The maximum absolute atomic E-state index is 12.1. The maximum Gasteiger partial charge on any atom is 0.333 e. The molecule has 0 radical (unpaired) electrons. The molecule has 0 amide bonds. The lowest BCUT2D eigenvalue weighted by Crippen LogP contribution is -2.58. The van der Waals surface area contributed by atoms with Crippen molar-refractivity contribution in [3.8, 4) is 0 Å². The van der Waals surface area contributed by atoms with Crippen LogP contribution < -0.4 is 0 Å². The monoisotopic (exact) mass is 306 g/mol. The quantitative estimate of drug-likeness (QED) is 0.547. The first-order valence-corrected chi connectivity index (χ1v) is 8.86. The second-order valence-corrected chi connectivity index (χ2v) is 8.05. The lowest BCUT2D eigenvalue weighted by molar-refractivity contribution is -0.198. The minimum atomic E-state index is -0.206. The highest BCUT2D eigenvalue weighted by Gasteiger charge is 2.59. The molecular formula is C19H30O3. The topological polar surface area (TPSA) is 35.5 Å². The van der Waals surface area contributed by atoms with E-state index in [4.69, 9.17) is 9.47 Å². The van der Waals surface area contributed by atoms with Crippen molar-refractivity contribution in [2.24, 2.45) is 23.2 Å². The number of esters is 1. The number of hydrogen-bond donors (Lipinski definition) is 0. The molecular weight excluding hydrogens is 276 g/mol. The third kappa shape index (κ3) is 2.73. The van der Waals surface area contributed by atoms with E-state index < -0.39 is 0 Å². The van der Waals surface area contributed by atoms with E-state index in [1.807, 2.05) is 7.11 Å². The number of hydrogen-bond acceptors (Lipinski definition) is 3. The summed E-state index contributed by atoms with van der Waals surface area (Å²) >= 11 is 0. The summed E-state index contributed by atoms with van der Waals surface area (Å²) in [4.78, 5) is 12.1. The molecule has 0 N–H and O–H groups in total. The predicted octanol–water partition coefficient (Wildman–Crippen LogP) is 4.12. The molecule has 4 fully saturated rings. The van der Waals surface area contributed by atoms with E-state index in [-0.39, 0.29) is 23.6 Å². The molecule has 0 spiro atoms. The van der Waals surface area contributed by atoms with E-state index in [0.29, 0.717) is 11.5 Å². The summed E-state index contributed by atoms with van der Waals surface area (Å²) in [5.41, 5.74) is 0.666. The molecule has 4 unspecified atom stereocenters.